The number of rotatable bonds is 11. The van der Waals surface area contributed by atoms with E-state index in [0.29, 0.717) is 18.3 Å². The molecule has 30 heavy (non-hydrogen) atoms. The van der Waals surface area contributed by atoms with Crippen LogP contribution in [-0.2, 0) is 10.0 Å². The van der Waals surface area contributed by atoms with Crippen LogP contribution in [0.25, 0.3) is 0 Å². The van der Waals surface area contributed by atoms with Crippen LogP contribution in [0.2, 0.25) is 5.02 Å². The fraction of sp³-hybridized carbons (Fsp3) is 0.526. The van der Waals surface area contributed by atoms with Gasteiger partial charge in [0.05, 0.1) is 10.7 Å². The number of anilines is 2. The van der Waals surface area contributed by atoms with Gasteiger partial charge in [0.1, 0.15) is 10.7 Å². The van der Waals surface area contributed by atoms with Gasteiger partial charge in [-0.05, 0) is 50.9 Å². The summed E-state index contributed by atoms with van der Waals surface area (Å²) in [7, 11) is -4.10. The molecule has 1 aromatic carbocycles. The molecule has 4 N–H and O–H groups in total. The average Bonchev–Trinajstić information content (AvgIpc) is 3.22. The highest BCUT2D eigenvalue weighted by molar-refractivity contribution is 7.93. The number of halogens is 2. The van der Waals surface area contributed by atoms with Gasteiger partial charge in [0.25, 0.3) is 10.0 Å². The fourth-order valence-electron chi connectivity index (χ4n) is 3.29. The lowest BCUT2D eigenvalue weighted by Crippen LogP contribution is -2.41. The second-order valence-electron chi connectivity index (χ2n) is 7.19. The molecule has 166 valence electrons. The Bertz CT molecular complexity index is 906. The third kappa shape index (κ3) is 6.78. The van der Waals surface area contributed by atoms with Crippen molar-refractivity contribution in [2.75, 3.05) is 36.2 Å². The Balaban J connectivity index is 1.43. The molecule has 1 aliphatic rings. The smallest absolute Gasteiger partial charge is 0.266 e. The molecule has 1 unspecified atom stereocenters. The average molecular weight is 476 g/mol. The summed E-state index contributed by atoms with van der Waals surface area (Å²) in [5, 5.41) is 12.0. The summed E-state index contributed by atoms with van der Waals surface area (Å²) in [6, 6.07) is 2.80. The van der Waals surface area contributed by atoms with Crippen LogP contribution < -0.4 is 20.7 Å². The number of nitrogens with one attached hydrogen (secondary N) is 4. The second-order valence-corrected chi connectivity index (χ2v) is 10.1. The number of benzene rings is 1. The predicted octanol–water partition coefficient (Wildman–Crippen LogP) is 3.66. The van der Waals surface area contributed by atoms with Crippen LogP contribution in [0.4, 0.5) is 15.2 Å². The molecule has 1 aliphatic heterocycles. The number of hydrogen-bond acceptors (Lipinski definition) is 7. The largest absolute Gasteiger partial charge is 0.384 e. The summed E-state index contributed by atoms with van der Waals surface area (Å²) in [4.78, 5) is 3.34. The van der Waals surface area contributed by atoms with E-state index < -0.39 is 20.7 Å². The Kier molecular flexibility index (Phi) is 8.70. The first-order valence-corrected chi connectivity index (χ1v) is 12.8. The van der Waals surface area contributed by atoms with E-state index in [1.807, 2.05) is 0 Å². The molecule has 3 rings (SSSR count). The van der Waals surface area contributed by atoms with Crippen molar-refractivity contribution in [1.29, 1.82) is 0 Å². The van der Waals surface area contributed by atoms with Crippen molar-refractivity contribution in [2.24, 2.45) is 0 Å². The SMILES string of the molecule is O=S(=O)(Nc1nccs1)c1cc(Cl)c(NCCCCNCC2CCCCN2)cc1F. The quantitative estimate of drug-likeness (QED) is 0.370. The topological polar surface area (TPSA) is 95.2 Å². The van der Waals surface area contributed by atoms with Crippen molar-refractivity contribution < 1.29 is 12.8 Å². The Morgan fingerprint density at radius 1 is 1.27 bits per heavy atom. The molecule has 0 radical (unpaired) electrons. The van der Waals surface area contributed by atoms with Gasteiger partial charge in [0, 0.05) is 30.7 Å². The lowest BCUT2D eigenvalue weighted by atomic mass is 10.1. The van der Waals surface area contributed by atoms with Crippen LogP contribution >= 0.6 is 22.9 Å². The van der Waals surface area contributed by atoms with Gasteiger partial charge >= 0.3 is 0 Å². The Labute approximate surface area is 185 Å². The summed E-state index contributed by atoms with van der Waals surface area (Å²) in [6.07, 6.45) is 7.10. The minimum Gasteiger partial charge on any atom is -0.384 e. The molecule has 1 fully saturated rings. The zero-order valence-electron chi connectivity index (χ0n) is 16.6. The Morgan fingerprint density at radius 2 is 2.10 bits per heavy atom. The van der Waals surface area contributed by atoms with Gasteiger partial charge in [-0.15, -0.1) is 11.3 Å². The summed E-state index contributed by atoms with van der Waals surface area (Å²) >= 11 is 7.29. The van der Waals surface area contributed by atoms with Crippen LogP contribution in [0.5, 0.6) is 0 Å². The highest BCUT2D eigenvalue weighted by atomic mass is 35.5. The highest BCUT2D eigenvalue weighted by Crippen LogP contribution is 2.29. The minimum atomic E-state index is -4.10. The van der Waals surface area contributed by atoms with Crippen LogP contribution in [0, 0.1) is 5.82 Å². The molecule has 0 aliphatic carbocycles. The van der Waals surface area contributed by atoms with Crippen molar-refractivity contribution in [1.82, 2.24) is 15.6 Å². The predicted molar refractivity (Wildman–Crippen MR) is 121 cm³/mol. The van der Waals surface area contributed by atoms with E-state index in [2.05, 4.69) is 25.7 Å². The second kappa shape index (κ2) is 11.2. The van der Waals surface area contributed by atoms with Crippen molar-refractivity contribution >= 4 is 43.8 Å². The first-order valence-electron chi connectivity index (χ1n) is 10.0. The molecule has 2 aromatic rings. The van der Waals surface area contributed by atoms with E-state index >= 15 is 0 Å². The minimum absolute atomic E-state index is 0.150. The Hall–Kier alpha value is -1.46. The number of piperidine rings is 1. The number of sulfonamides is 1. The molecule has 1 saturated heterocycles. The van der Waals surface area contributed by atoms with E-state index in [1.54, 1.807) is 5.38 Å². The van der Waals surface area contributed by atoms with E-state index in [4.69, 9.17) is 11.6 Å². The van der Waals surface area contributed by atoms with E-state index in [1.165, 1.54) is 25.5 Å². The fourth-order valence-corrected chi connectivity index (χ4v) is 5.46. The molecule has 11 heteroatoms. The zero-order chi connectivity index (χ0) is 21.4. The molecule has 0 saturated carbocycles. The molecular weight excluding hydrogens is 449 g/mol. The first kappa shape index (κ1) is 23.2. The van der Waals surface area contributed by atoms with Gasteiger partial charge in [-0.3, -0.25) is 4.72 Å². The lowest BCUT2D eigenvalue weighted by molar-refractivity contribution is 0.383. The summed E-state index contributed by atoms with van der Waals surface area (Å²) in [6.45, 7) is 3.62. The summed E-state index contributed by atoms with van der Waals surface area (Å²) in [5.74, 6) is -0.868. The molecular formula is C19H27ClFN5O2S2. The third-order valence-electron chi connectivity index (χ3n) is 4.86. The maximum absolute atomic E-state index is 14.5. The van der Waals surface area contributed by atoms with E-state index in [-0.39, 0.29) is 10.2 Å². The third-order valence-corrected chi connectivity index (χ3v) is 7.35. The van der Waals surface area contributed by atoms with Crippen molar-refractivity contribution in [3.05, 3.63) is 34.5 Å². The van der Waals surface area contributed by atoms with Gasteiger partial charge in [0.15, 0.2) is 5.13 Å². The molecule has 0 spiro atoms. The maximum Gasteiger partial charge on any atom is 0.266 e. The summed E-state index contributed by atoms with van der Waals surface area (Å²) in [5.41, 5.74) is 0.377. The number of unbranched alkanes of at least 4 members (excludes halogenated alkanes) is 1. The van der Waals surface area contributed by atoms with Gasteiger partial charge in [-0.1, -0.05) is 18.0 Å². The normalized spacial score (nSPS) is 17.1. The zero-order valence-corrected chi connectivity index (χ0v) is 19.0. The molecule has 0 amide bonds. The van der Waals surface area contributed by atoms with Crippen LogP contribution in [0.1, 0.15) is 32.1 Å². The van der Waals surface area contributed by atoms with E-state index in [9.17, 15) is 12.8 Å². The number of thiazole rings is 1. The summed E-state index contributed by atoms with van der Waals surface area (Å²) < 4.78 is 41.5. The molecule has 7 nitrogen and oxygen atoms in total. The number of hydrogen-bond donors (Lipinski definition) is 4. The van der Waals surface area contributed by atoms with Crippen LogP contribution in [0.15, 0.2) is 28.6 Å². The van der Waals surface area contributed by atoms with Crippen molar-refractivity contribution in [3.63, 3.8) is 0 Å². The van der Waals surface area contributed by atoms with Gasteiger partial charge in [-0.25, -0.2) is 17.8 Å². The number of aromatic nitrogens is 1. The Morgan fingerprint density at radius 3 is 2.83 bits per heavy atom. The maximum atomic E-state index is 14.5. The monoisotopic (exact) mass is 475 g/mol. The first-order chi connectivity index (χ1) is 14.5. The van der Waals surface area contributed by atoms with Crippen molar-refractivity contribution in [2.45, 2.75) is 43.0 Å². The van der Waals surface area contributed by atoms with Gasteiger partial charge < -0.3 is 16.0 Å². The van der Waals surface area contributed by atoms with Crippen LogP contribution in [0.3, 0.4) is 0 Å². The standard InChI is InChI=1S/C19H27ClFN5O2S2/c20-15-11-18(30(27,28)26-19-25-9-10-29-19)16(21)12-17(15)24-8-4-3-6-22-13-14-5-1-2-7-23-14/h9-12,14,22-24H,1-8,13H2,(H,25,26). The molecule has 1 aromatic heterocycles. The number of nitrogens with zero attached hydrogens (tertiary/aromatic N) is 1. The molecule has 2 heterocycles. The van der Waals surface area contributed by atoms with Gasteiger partial charge in [0.2, 0.25) is 0 Å². The van der Waals surface area contributed by atoms with Gasteiger partial charge in [-0.2, -0.15) is 0 Å². The lowest BCUT2D eigenvalue weighted by Gasteiger charge is -2.23. The van der Waals surface area contributed by atoms with Crippen molar-refractivity contribution in [3.8, 4) is 0 Å². The van der Waals surface area contributed by atoms with Crippen LogP contribution in [-0.4, -0.2) is 45.6 Å². The molecule has 0 bridgehead atoms. The van der Waals surface area contributed by atoms with E-state index in [0.717, 1.165) is 55.9 Å². The highest BCUT2D eigenvalue weighted by Gasteiger charge is 2.22. The molecule has 1 atom stereocenters.